The lowest BCUT2D eigenvalue weighted by atomic mass is 9.97. The third-order valence-electron chi connectivity index (χ3n) is 4.00. The van der Waals surface area contributed by atoms with Gasteiger partial charge in [0.05, 0.1) is 6.10 Å². The first-order valence-corrected chi connectivity index (χ1v) is 6.88. The van der Waals surface area contributed by atoms with Crippen LogP contribution >= 0.6 is 0 Å². The summed E-state index contributed by atoms with van der Waals surface area (Å²) in [5, 5.41) is 3.57. The number of piperidine rings is 1. The molecule has 94 valence electrons. The van der Waals surface area contributed by atoms with Crippen LogP contribution in [0.3, 0.4) is 0 Å². The molecule has 1 N–H and O–H groups in total. The fourth-order valence-corrected chi connectivity index (χ4v) is 3.06. The van der Waals surface area contributed by atoms with Crippen molar-refractivity contribution in [3.8, 4) is 0 Å². The van der Waals surface area contributed by atoms with Crippen molar-refractivity contribution in [1.29, 1.82) is 0 Å². The van der Waals surface area contributed by atoms with Gasteiger partial charge in [-0.25, -0.2) is 0 Å². The first kappa shape index (κ1) is 12.3. The maximum atomic E-state index is 5.62. The molecule has 0 aliphatic carbocycles. The van der Waals surface area contributed by atoms with Gasteiger partial charge in [0, 0.05) is 18.7 Å². The van der Waals surface area contributed by atoms with Gasteiger partial charge in [-0.3, -0.25) is 0 Å². The Morgan fingerprint density at radius 1 is 1.25 bits per heavy atom. The number of likely N-dealkylation sites (tertiary alicyclic amines) is 1. The molecule has 0 amide bonds. The highest BCUT2D eigenvalue weighted by molar-refractivity contribution is 4.84. The number of hydrogen-bond donors (Lipinski definition) is 1. The number of ether oxygens (including phenoxy) is 1. The van der Waals surface area contributed by atoms with Crippen LogP contribution in [0.4, 0.5) is 0 Å². The van der Waals surface area contributed by atoms with Crippen LogP contribution in [0.25, 0.3) is 0 Å². The van der Waals surface area contributed by atoms with E-state index in [0.717, 1.165) is 25.2 Å². The molecule has 0 aromatic heterocycles. The second-order valence-corrected chi connectivity index (χ2v) is 5.23. The Bertz CT molecular complexity index is 202. The van der Waals surface area contributed by atoms with Crippen molar-refractivity contribution in [3.63, 3.8) is 0 Å². The van der Waals surface area contributed by atoms with E-state index in [1.165, 1.54) is 38.8 Å². The van der Waals surface area contributed by atoms with E-state index >= 15 is 0 Å². The van der Waals surface area contributed by atoms with Gasteiger partial charge in [-0.2, -0.15) is 0 Å². The fourth-order valence-electron chi connectivity index (χ4n) is 3.06. The first-order chi connectivity index (χ1) is 7.79. The van der Waals surface area contributed by atoms with Crippen LogP contribution < -0.4 is 5.32 Å². The summed E-state index contributed by atoms with van der Waals surface area (Å²) in [5.41, 5.74) is 0. The lowest BCUT2D eigenvalue weighted by Gasteiger charge is -2.40. The summed E-state index contributed by atoms with van der Waals surface area (Å²) in [4.78, 5) is 2.69. The van der Waals surface area contributed by atoms with Crippen molar-refractivity contribution >= 4 is 0 Å². The minimum Gasteiger partial charge on any atom is -0.378 e. The summed E-state index contributed by atoms with van der Waals surface area (Å²) in [6.45, 7) is 9.02. The Kier molecular flexibility index (Phi) is 4.62. The van der Waals surface area contributed by atoms with E-state index in [-0.39, 0.29) is 0 Å². The summed E-state index contributed by atoms with van der Waals surface area (Å²) >= 11 is 0. The van der Waals surface area contributed by atoms with E-state index in [0.29, 0.717) is 6.10 Å². The standard InChI is InChI=1S/C13H26N2O/c1-3-14-12-4-7-15(8-5-12)13-6-9-16-11(2)10-13/h11-14H,3-10H2,1-2H3. The molecule has 3 nitrogen and oxygen atoms in total. The van der Waals surface area contributed by atoms with Crippen molar-refractivity contribution in [1.82, 2.24) is 10.2 Å². The summed E-state index contributed by atoms with van der Waals surface area (Å²) in [5.74, 6) is 0. The minimum atomic E-state index is 0.463. The molecular weight excluding hydrogens is 200 g/mol. The molecule has 2 heterocycles. The lowest BCUT2D eigenvalue weighted by Crippen LogP contribution is -2.49. The van der Waals surface area contributed by atoms with Gasteiger partial charge in [0.25, 0.3) is 0 Å². The fraction of sp³-hybridized carbons (Fsp3) is 1.00. The highest BCUT2D eigenvalue weighted by Gasteiger charge is 2.28. The zero-order chi connectivity index (χ0) is 11.4. The van der Waals surface area contributed by atoms with E-state index in [9.17, 15) is 0 Å². The SMILES string of the molecule is CCNC1CCN(C2CCOC(C)C2)CC1. The molecule has 0 spiro atoms. The Labute approximate surface area is 99.5 Å². The molecule has 2 unspecified atom stereocenters. The van der Waals surface area contributed by atoms with Gasteiger partial charge in [-0.05, 0) is 52.2 Å². The second kappa shape index (κ2) is 5.99. The third-order valence-corrected chi connectivity index (χ3v) is 4.00. The Morgan fingerprint density at radius 3 is 2.62 bits per heavy atom. The minimum absolute atomic E-state index is 0.463. The second-order valence-electron chi connectivity index (χ2n) is 5.23. The molecular formula is C13H26N2O. The summed E-state index contributed by atoms with van der Waals surface area (Å²) in [6.07, 6.45) is 5.56. The van der Waals surface area contributed by atoms with E-state index in [2.05, 4.69) is 24.1 Å². The van der Waals surface area contributed by atoms with Crippen LogP contribution in [0.2, 0.25) is 0 Å². The first-order valence-electron chi connectivity index (χ1n) is 6.88. The number of nitrogens with zero attached hydrogens (tertiary/aromatic N) is 1. The van der Waals surface area contributed by atoms with E-state index in [4.69, 9.17) is 4.74 Å². The van der Waals surface area contributed by atoms with Crippen LogP contribution in [-0.2, 0) is 4.74 Å². The van der Waals surface area contributed by atoms with E-state index in [1.54, 1.807) is 0 Å². The summed E-state index contributed by atoms with van der Waals surface area (Å²) in [7, 11) is 0. The van der Waals surface area contributed by atoms with Gasteiger partial charge in [0.15, 0.2) is 0 Å². The molecule has 2 saturated heterocycles. The van der Waals surface area contributed by atoms with E-state index in [1.807, 2.05) is 0 Å². The third kappa shape index (κ3) is 3.19. The van der Waals surface area contributed by atoms with Crippen molar-refractivity contribution in [2.75, 3.05) is 26.2 Å². The van der Waals surface area contributed by atoms with Crippen molar-refractivity contribution in [3.05, 3.63) is 0 Å². The Balaban J connectivity index is 1.75. The maximum Gasteiger partial charge on any atom is 0.0561 e. The smallest absolute Gasteiger partial charge is 0.0561 e. The molecule has 16 heavy (non-hydrogen) atoms. The van der Waals surface area contributed by atoms with Gasteiger partial charge >= 0.3 is 0 Å². The van der Waals surface area contributed by atoms with Gasteiger partial charge in [0.1, 0.15) is 0 Å². The normalized spacial score (nSPS) is 34.1. The monoisotopic (exact) mass is 226 g/mol. The Morgan fingerprint density at radius 2 is 2.00 bits per heavy atom. The highest BCUT2D eigenvalue weighted by atomic mass is 16.5. The molecule has 2 atom stereocenters. The summed E-state index contributed by atoms with van der Waals surface area (Å²) in [6, 6.07) is 1.55. The van der Waals surface area contributed by atoms with Crippen LogP contribution in [0.5, 0.6) is 0 Å². The molecule has 0 aromatic carbocycles. The van der Waals surface area contributed by atoms with E-state index < -0.39 is 0 Å². The summed E-state index contributed by atoms with van der Waals surface area (Å²) < 4.78 is 5.62. The molecule has 2 fully saturated rings. The van der Waals surface area contributed by atoms with Crippen molar-refractivity contribution < 1.29 is 4.74 Å². The topological polar surface area (TPSA) is 24.5 Å². The van der Waals surface area contributed by atoms with Gasteiger partial charge in [0.2, 0.25) is 0 Å². The predicted molar refractivity (Wildman–Crippen MR) is 66.7 cm³/mol. The number of rotatable bonds is 3. The number of nitrogens with one attached hydrogen (secondary N) is 1. The average molecular weight is 226 g/mol. The zero-order valence-corrected chi connectivity index (χ0v) is 10.7. The molecule has 0 saturated carbocycles. The predicted octanol–water partition coefficient (Wildman–Crippen LogP) is 1.63. The molecule has 0 radical (unpaired) electrons. The molecule has 0 bridgehead atoms. The number of hydrogen-bond acceptors (Lipinski definition) is 3. The van der Waals surface area contributed by atoms with Gasteiger partial charge in [-0.15, -0.1) is 0 Å². The molecule has 0 aromatic rings. The lowest BCUT2D eigenvalue weighted by molar-refractivity contribution is -0.0230. The molecule has 3 heteroatoms. The molecule has 2 aliphatic heterocycles. The van der Waals surface area contributed by atoms with Crippen molar-refractivity contribution in [2.45, 2.75) is 57.7 Å². The van der Waals surface area contributed by atoms with Crippen LogP contribution in [-0.4, -0.2) is 49.3 Å². The van der Waals surface area contributed by atoms with Crippen molar-refractivity contribution in [2.24, 2.45) is 0 Å². The van der Waals surface area contributed by atoms with Crippen LogP contribution in [0, 0.1) is 0 Å². The van der Waals surface area contributed by atoms with Crippen LogP contribution in [0.1, 0.15) is 39.5 Å². The molecule has 2 rings (SSSR count). The highest BCUT2D eigenvalue weighted by Crippen LogP contribution is 2.22. The zero-order valence-electron chi connectivity index (χ0n) is 10.7. The maximum absolute atomic E-state index is 5.62. The largest absolute Gasteiger partial charge is 0.378 e. The average Bonchev–Trinajstić information content (AvgIpc) is 2.30. The molecule has 2 aliphatic rings. The Hall–Kier alpha value is -0.120. The van der Waals surface area contributed by atoms with Gasteiger partial charge < -0.3 is 15.0 Å². The quantitative estimate of drug-likeness (QED) is 0.791. The van der Waals surface area contributed by atoms with Gasteiger partial charge in [-0.1, -0.05) is 6.92 Å². The van der Waals surface area contributed by atoms with Crippen LogP contribution in [0.15, 0.2) is 0 Å².